The van der Waals surface area contributed by atoms with Gasteiger partial charge in [0.25, 0.3) is 0 Å². The molecule has 0 aliphatic carbocycles. The average Bonchev–Trinajstić information content (AvgIpc) is 3.26. The zero-order valence-electron chi connectivity index (χ0n) is 19.0. The van der Waals surface area contributed by atoms with Gasteiger partial charge in [0.2, 0.25) is 23.6 Å². The molecular weight excluding hydrogens is 470 g/mol. The first-order chi connectivity index (χ1) is 16.0. The number of likely N-dealkylation sites (tertiary alicyclic amines) is 1. The summed E-state index contributed by atoms with van der Waals surface area (Å²) in [6.45, 7) is 0.202. The molecule has 1 fully saturated rings. The SMILES string of the molecule is CSCCC(NC(=O)C1CCCN1C(=O)C(CCC(N)=O)NC(=O)C(N)CCC(=O)O)C(=O)O. The van der Waals surface area contributed by atoms with Crippen LogP contribution in [0.25, 0.3) is 0 Å². The van der Waals surface area contributed by atoms with E-state index in [1.54, 1.807) is 0 Å². The lowest BCUT2D eigenvalue weighted by Gasteiger charge is -2.30. The van der Waals surface area contributed by atoms with E-state index < -0.39 is 59.7 Å². The van der Waals surface area contributed by atoms with Crippen LogP contribution in [0.1, 0.15) is 44.9 Å². The highest BCUT2D eigenvalue weighted by molar-refractivity contribution is 7.98. The largest absolute Gasteiger partial charge is 0.481 e. The second kappa shape index (κ2) is 14.4. The van der Waals surface area contributed by atoms with Crippen molar-refractivity contribution in [2.24, 2.45) is 11.5 Å². The molecule has 0 bridgehead atoms. The van der Waals surface area contributed by atoms with Crippen LogP contribution in [0.3, 0.4) is 0 Å². The second-order valence-electron chi connectivity index (χ2n) is 7.98. The molecule has 4 atom stereocenters. The minimum absolute atomic E-state index is 0.137. The first-order valence-electron chi connectivity index (χ1n) is 10.9. The van der Waals surface area contributed by atoms with Crippen molar-refractivity contribution in [2.75, 3.05) is 18.6 Å². The quantitative estimate of drug-likeness (QED) is 0.148. The molecule has 1 saturated heterocycles. The number of thioether (sulfide) groups is 1. The summed E-state index contributed by atoms with van der Waals surface area (Å²) >= 11 is 1.44. The van der Waals surface area contributed by atoms with Gasteiger partial charge in [0.15, 0.2) is 0 Å². The highest BCUT2D eigenvalue weighted by Crippen LogP contribution is 2.20. The van der Waals surface area contributed by atoms with E-state index in [0.29, 0.717) is 18.6 Å². The number of hydrogen-bond donors (Lipinski definition) is 6. The van der Waals surface area contributed by atoms with Crippen LogP contribution in [0, 0.1) is 0 Å². The van der Waals surface area contributed by atoms with Crippen molar-refractivity contribution in [3.8, 4) is 0 Å². The van der Waals surface area contributed by atoms with Crippen molar-refractivity contribution in [2.45, 2.75) is 69.1 Å². The van der Waals surface area contributed by atoms with Crippen molar-refractivity contribution < 1.29 is 39.0 Å². The molecule has 0 radical (unpaired) electrons. The molecule has 34 heavy (non-hydrogen) atoms. The number of carboxylic acid groups (broad SMARTS) is 2. The Balaban J connectivity index is 2.94. The lowest BCUT2D eigenvalue weighted by Crippen LogP contribution is -2.57. The molecule has 13 nitrogen and oxygen atoms in total. The Morgan fingerprint density at radius 2 is 1.71 bits per heavy atom. The van der Waals surface area contributed by atoms with Gasteiger partial charge in [0.05, 0.1) is 6.04 Å². The number of nitrogens with one attached hydrogen (secondary N) is 2. The van der Waals surface area contributed by atoms with E-state index in [1.807, 2.05) is 6.26 Å². The standard InChI is InChI=1S/C20H33N5O8S/c1-34-10-8-13(20(32)33)24-18(30)14-3-2-9-25(14)19(31)12(5-6-15(22)26)23-17(29)11(21)4-7-16(27)28/h11-14H,2-10,21H2,1H3,(H2,22,26)(H,23,29)(H,24,30)(H,27,28)(H,32,33). The molecule has 0 aromatic rings. The fraction of sp³-hybridized carbons (Fsp3) is 0.700. The number of aliphatic carboxylic acids is 2. The Labute approximate surface area is 201 Å². The third kappa shape index (κ3) is 9.55. The molecule has 1 heterocycles. The van der Waals surface area contributed by atoms with Gasteiger partial charge in [-0.05, 0) is 44.1 Å². The monoisotopic (exact) mass is 503 g/mol. The van der Waals surface area contributed by atoms with Gasteiger partial charge < -0.3 is 37.2 Å². The van der Waals surface area contributed by atoms with Crippen LogP contribution in [0.4, 0.5) is 0 Å². The summed E-state index contributed by atoms with van der Waals surface area (Å²) in [6, 6.07) is -4.44. The van der Waals surface area contributed by atoms with Gasteiger partial charge in [-0.3, -0.25) is 24.0 Å². The van der Waals surface area contributed by atoms with Gasteiger partial charge in [0.1, 0.15) is 18.1 Å². The Morgan fingerprint density at radius 1 is 1.03 bits per heavy atom. The van der Waals surface area contributed by atoms with Gasteiger partial charge in [0, 0.05) is 19.4 Å². The number of amides is 4. The van der Waals surface area contributed by atoms with Gasteiger partial charge in [-0.1, -0.05) is 0 Å². The molecule has 0 spiro atoms. The molecule has 1 rings (SSSR count). The fourth-order valence-electron chi connectivity index (χ4n) is 3.50. The topological polar surface area (TPSA) is 222 Å². The average molecular weight is 504 g/mol. The fourth-order valence-corrected chi connectivity index (χ4v) is 3.97. The van der Waals surface area contributed by atoms with Crippen LogP contribution in [0.2, 0.25) is 0 Å². The summed E-state index contributed by atoms with van der Waals surface area (Å²) in [5.74, 6) is -4.50. The van der Waals surface area contributed by atoms with Crippen molar-refractivity contribution >= 4 is 47.3 Å². The van der Waals surface area contributed by atoms with E-state index in [4.69, 9.17) is 16.6 Å². The molecule has 192 valence electrons. The highest BCUT2D eigenvalue weighted by atomic mass is 32.2. The van der Waals surface area contributed by atoms with E-state index in [2.05, 4.69) is 10.6 Å². The number of nitrogens with two attached hydrogens (primary N) is 2. The van der Waals surface area contributed by atoms with Gasteiger partial charge in [-0.25, -0.2) is 4.79 Å². The Hall–Kier alpha value is -2.87. The lowest BCUT2D eigenvalue weighted by molar-refractivity contribution is -0.145. The maximum Gasteiger partial charge on any atom is 0.326 e. The van der Waals surface area contributed by atoms with E-state index in [-0.39, 0.29) is 38.6 Å². The summed E-state index contributed by atoms with van der Waals surface area (Å²) in [4.78, 5) is 73.1. The number of carboxylic acids is 2. The Kier molecular flexibility index (Phi) is 12.4. The molecular formula is C20H33N5O8S. The predicted molar refractivity (Wildman–Crippen MR) is 123 cm³/mol. The van der Waals surface area contributed by atoms with E-state index in [1.165, 1.54) is 16.7 Å². The minimum atomic E-state index is -1.21. The smallest absolute Gasteiger partial charge is 0.326 e. The van der Waals surface area contributed by atoms with E-state index in [0.717, 1.165) is 0 Å². The molecule has 1 aliphatic heterocycles. The first-order valence-corrected chi connectivity index (χ1v) is 12.3. The van der Waals surface area contributed by atoms with Crippen LogP contribution in [0.15, 0.2) is 0 Å². The number of primary amides is 1. The van der Waals surface area contributed by atoms with Crippen LogP contribution in [-0.2, 0) is 28.8 Å². The molecule has 4 amide bonds. The van der Waals surface area contributed by atoms with Gasteiger partial charge >= 0.3 is 11.9 Å². The third-order valence-corrected chi connectivity index (χ3v) is 6.01. The molecule has 14 heteroatoms. The summed E-state index contributed by atoms with van der Waals surface area (Å²) < 4.78 is 0. The third-order valence-electron chi connectivity index (χ3n) is 5.36. The Morgan fingerprint density at radius 3 is 2.26 bits per heavy atom. The predicted octanol–water partition coefficient (Wildman–Crippen LogP) is -1.76. The molecule has 1 aliphatic rings. The molecule has 0 aromatic heterocycles. The maximum absolute atomic E-state index is 13.2. The first kappa shape index (κ1) is 29.2. The molecule has 0 aromatic carbocycles. The number of carbonyl (C=O) groups is 6. The highest BCUT2D eigenvalue weighted by Gasteiger charge is 2.39. The normalized spacial score (nSPS) is 17.9. The molecule has 4 unspecified atom stereocenters. The summed E-state index contributed by atoms with van der Waals surface area (Å²) in [5, 5.41) is 23.0. The van der Waals surface area contributed by atoms with Crippen molar-refractivity contribution in [1.29, 1.82) is 0 Å². The summed E-state index contributed by atoms with van der Waals surface area (Å²) in [7, 11) is 0. The summed E-state index contributed by atoms with van der Waals surface area (Å²) in [5.41, 5.74) is 10.9. The minimum Gasteiger partial charge on any atom is -0.481 e. The van der Waals surface area contributed by atoms with E-state index in [9.17, 15) is 33.9 Å². The zero-order chi connectivity index (χ0) is 25.8. The van der Waals surface area contributed by atoms with Gasteiger partial charge in [-0.15, -0.1) is 0 Å². The van der Waals surface area contributed by atoms with E-state index >= 15 is 0 Å². The van der Waals surface area contributed by atoms with Crippen molar-refractivity contribution in [3.63, 3.8) is 0 Å². The number of carbonyl (C=O) groups excluding carboxylic acids is 4. The van der Waals surface area contributed by atoms with Crippen LogP contribution >= 0.6 is 11.8 Å². The number of rotatable bonds is 15. The lowest BCUT2D eigenvalue weighted by atomic mass is 10.1. The number of hydrogen-bond acceptors (Lipinski definition) is 8. The Bertz CT molecular complexity index is 780. The van der Waals surface area contributed by atoms with Crippen molar-refractivity contribution in [3.05, 3.63) is 0 Å². The molecule has 0 saturated carbocycles. The van der Waals surface area contributed by atoms with Crippen LogP contribution in [0.5, 0.6) is 0 Å². The van der Waals surface area contributed by atoms with Crippen LogP contribution in [-0.4, -0.2) is 93.4 Å². The van der Waals surface area contributed by atoms with Crippen LogP contribution < -0.4 is 22.1 Å². The van der Waals surface area contributed by atoms with Gasteiger partial charge in [-0.2, -0.15) is 11.8 Å². The zero-order valence-corrected chi connectivity index (χ0v) is 19.8. The van der Waals surface area contributed by atoms with Crippen molar-refractivity contribution in [1.82, 2.24) is 15.5 Å². The second-order valence-corrected chi connectivity index (χ2v) is 8.96. The molecule has 8 N–H and O–H groups in total. The maximum atomic E-state index is 13.2. The summed E-state index contributed by atoms with van der Waals surface area (Å²) in [6.07, 6.45) is 1.97. The number of nitrogens with zero attached hydrogens (tertiary/aromatic N) is 1.